The summed E-state index contributed by atoms with van der Waals surface area (Å²) >= 11 is 0. The summed E-state index contributed by atoms with van der Waals surface area (Å²) in [6.45, 7) is 2.69. The molecule has 1 N–H and O–H groups in total. The number of piperidine rings is 1. The lowest BCUT2D eigenvalue weighted by atomic mass is 10.2. The molecule has 27 heavy (non-hydrogen) atoms. The molecule has 1 unspecified atom stereocenters. The molecule has 2 aliphatic rings. The lowest BCUT2D eigenvalue weighted by Crippen LogP contribution is -2.25. The molecule has 142 valence electrons. The molecular weight excluding hydrogens is 347 g/mol. The lowest BCUT2D eigenvalue weighted by Gasteiger charge is -2.23. The van der Waals surface area contributed by atoms with Gasteiger partial charge >= 0.3 is 6.09 Å². The van der Waals surface area contributed by atoms with Crippen LogP contribution in [0.15, 0.2) is 48.5 Å². The van der Waals surface area contributed by atoms with Crippen molar-refractivity contribution >= 4 is 17.5 Å². The monoisotopic (exact) mass is 370 g/mol. The van der Waals surface area contributed by atoms with Gasteiger partial charge in [-0.2, -0.15) is 0 Å². The summed E-state index contributed by atoms with van der Waals surface area (Å²) in [5.41, 5.74) is 1.87. The summed E-state index contributed by atoms with van der Waals surface area (Å²) in [5, 5.41) is 2.58. The fourth-order valence-corrected chi connectivity index (χ4v) is 4.00. The maximum Gasteiger partial charge on any atom is 0.411 e. The number of benzene rings is 2. The molecule has 1 saturated carbocycles. The molecule has 0 bridgehead atoms. The second kappa shape index (κ2) is 7.56. The maximum absolute atomic E-state index is 14.5. The molecule has 4 rings (SSSR count). The Labute approximate surface area is 158 Å². The number of fused-ring (bicyclic) bond motifs is 1. The van der Waals surface area contributed by atoms with E-state index < -0.39 is 6.09 Å². The molecule has 1 amide bonds. The van der Waals surface area contributed by atoms with Crippen LogP contribution in [0.25, 0.3) is 0 Å². The molecule has 0 aromatic heterocycles. The van der Waals surface area contributed by atoms with Crippen LogP contribution in [0.5, 0.6) is 0 Å². The van der Waals surface area contributed by atoms with Crippen molar-refractivity contribution in [2.45, 2.75) is 6.61 Å². The van der Waals surface area contributed by atoms with E-state index in [0.29, 0.717) is 29.1 Å². The van der Waals surface area contributed by atoms with Gasteiger partial charge in [0.25, 0.3) is 0 Å². The molecule has 2 aromatic carbocycles. The van der Waals surface area contributed by atoms with E-state index in [4.69, 9.17) is 9.47 Å². The summed E-state index contributed by atoms with van der Waals surface area (Å²) in [6, 6.07) is 14.2. The molecule has 6 heteroatoms. The van der Waals surface area contributed by atoms with Gasteiger partial charge in [-0.25, -0.2) is 9.18 Å². The van der Waals surface area contributed by atoms with Crippen LogP contribution in [0.3, 0.4) is 0 Å². The maximum atomic E-state index is 14.5. The van der Waals surface area contributed by atoms with E-state index in [1.165, 1.54) is 6.07 Å². The number of hydrogen-bond acceptors (Lipinski definition) is 4. The van der Waals surface area contributed by atoms with Gasteiger partial charge in [0, 0.05) is 32.5 Å². The van der Waals surface area contributed by atoms with Crippen molar-refractivity contribution < 1.29 is 18.7 Å². The smallest absolute Gasteiger partial charge is 0.411 e. The lowest BCUT2D eigenvalue weighted by molar-refractivity contribution is 0.155. The van der Waals surface area contributed by atoms with Crippen LogP contribution in [0.2, 0.25) is 0 Å². The number of hydrogen-bond donors (Lipinski definition) is 1. The van der Waals surface area contributed by atoms with Gasteiger partial charge in [-0.1, -0.05) is 30.3 Å². The Hall–Kier alpha value is -2.60. The fourth-order valence-electron chi connectivity index (χ4n) is 4.00. The number of ether oxygens (including phenoxy) is 2. The molecular formula is C21H23FN2O3. The van der Waals surface area contributed by atoms with Crippen LogP contribution < -0.4 is 10.2 Å². The first-order chi connectivity index (χ1) is 13.2. The van der Waals surface area contributed by atoms with E-state index in [-0.39, 0.29) is 12.4 Å². The first-order valence-corrected chi connectivity index (χ1v) is 9.17. The number of carbonyl (C=O) groups excluding carboxylic acids is 1. The van der Waals surface area contributed by atoms with Gasteiger partial charge in [0.05, 0.1) is 5.69 Å². The van der Waals surface area contributed by atoms with Crippen molar-refractivity contribution in [1.82, 2.24) is 0 Å². The summed E-state index contributed by atoms with van der Waals surface area (Å²) < 4.78 is 24.9. The number of rotatable bonds is 6. The van der Waals surface area contributed by atoms with Crippen molar-refractivity contribution in [3.63, 3.8) is 0 Å². The van der Waals surface area contributed by atoms with E-state index in [2.05, 4.69) is 10.2 Å². The number of nitrogens with one attached hydrogen (secondary N) is 1. The highest BCUT2D eigenvalue weighted by atomic mass is 19.1. The number of carbonyl (C=O) groups is 1. The van der Waals surface area contributed by atoms with Gasteiger partial charge in [0.2, 0.25) is 0 Å². The first kappa shape index (κ1) is 17.8. The van der Waals surface area contributed by atoms with Gasteiger partial charge in [0.1, 0.15) is 12.4 Å². The van der Waals surface area contributed by atoms with Crippen molar-refractivity contribution in [1.29, 1.82) is 0 Å². The van der Waals surface area contributed by atoms with Crippen LogP contribution in [-0.2, 0) is 16.1 Å². The molecule has 0 radical (unpaired) electrons. The van der Waals surface area contributed by atoms with Crippen molar-refractivity contribution in [2.24, 2.45) is 17.8 Å². The van der Waals surface area contributed by atoms with Crippen LogP contribution in [0.4, 0.5) is 20.6 Å². The fraction of sp³-hybridized carbons (Fsp3) is 0.381. The minimum Gasteiger partial charge on any atom is -0.444 e. The third-order valence-corrected chi connectivity index (χ3v) is 5.48. The Morgan fingerprint density at radius 2 is 1.93 bits per heavy atom. The molecule has 0 spiro atoms. The largest absolute Gasteiger partial charge is 0.444 e. The zero-order valence-corrected chi connectivity index (χ0v) is 15.2. The number of halogens is 1. The van der Waals surface area contributed by atoms with Crippen LogP contribution in [-0.4, -0.2) is 32.9 Å². The number of nitrogens with zero attached hydrogens (tertiary/aromatic N) is 1. The quantitative estimate of drug-likeness (QED) is 0.838. The molecule has 1 aliphatic carbocycles. The van der Waals surface area contributed by atoms with Crippen LogP contribution >= 0.6 is 0 Å². The number of amides is 1. The number of methoxy groups -OCH3 is 1. The van der Waals surface area contributed by atoms with E-state index >= 15 is 0 Å². The Balaban J connectivity index is 1.30. The van der Waals surface area contributed by atoms with Crippen molar-refractivity contribution in [3.8, 4) is 0 Å². The number of anilines is 2. The highest BCUT2D eigenvalue weighted by Gasteiger charge is 2.55. The Morgan fingerprint density at radius 3 is 2.59 bits per heavy atom. The third-order valence-electron chi connectivity index (χ3n) is 5.48. The molecule has 2 aromatic rings. The SMILES string of the molecule is COCC1[C@H]2CN(c3ccc(NC(=O)OCc4ccccc4)cc3F)C[C@@H]12. The molecule has 3 atom stereocenters. The third kappa shape index (κ3) is 3.90. The summed E-state index contributed by atoms with van der Waals surface area (Å²) in [6.07, 6.45) is -0.601. The van der Waals surface area contributed by atoms with Gasteiger partial charge in [-0.05, 0) is 41.5 Å². The predicted molar refractivity (Wildman–Crippen MR) is 101 cm³/mol. The summed E-state index contributed by atoms with van der Waals surface area (Å²) in [7, 11) is 1.72. The van der Waals surface area contributed by atoms with Crippen molar-refractivity contribution in [3.05, 3.63) is 59.9 Å². The zero-order valence-electron chi connectivity index (χ0n) is 15.2. The van der Waals surface area contributed by atoms with Crippen LogP contribution in [0.1, 0.15) is 5.56 Å². The molecule has 1 aliphatic heterocycles. The Morgan fingerprint density at radius 1 is 1.19 bits per heavy atom. The highest BCUT2D eigenvalue weighted by molar-refractivity contribution is 5.85. The van der Waals surface area contributed by atoms with Gasteiger partial charge in [0.15, 0.2) is 0 Å². The Bertz CT molecular complexity index is 802. The van der Waals surface area contributed by atoms with Crippen molar-refractivity contribution in [2.75, 3.05) is 37.0 Å². The van der Waals surface area contributed by atoms with Gasteiger partial charge in [-0.15, -0.1) is 0 Å². The predicted octanol–water partition coefficient (Wildman–Crippen LogP) is 3.90. The van der Waals surface area contributed by atoms with E-state index in [1.807, 2.05) is 30.3 Å². The summed E-state index contributed by atoms with van der Waals surface area (Å²) in [4.78, 5) is 14.0. The van der Waals surface area contributed by atoms with E-state index in [1.54, 1.807) is 19.2 Å². The highest BCUT2D eigenvalue weighted by Crippen LogP contribution is 2.52. The second-order valence-electron chi connectivity index (χ2n) is 7.20. The molecule has 5 nitrogen and oxygen atoms in total. The van der Waals surface area contributed by atoms with E-state index in [0.717, 1.165) is 25.3 Å². The second-order valence-corrected chi connectivity index (χ2v) is 7.20. The average molecular weight is 370 g/mol. The molecule has 1 heterocycles. The normalized spacial score (nSPS) is 23.0. The van der Waals surface area contributed by atoms with Gasteiger partial charge in [-0.3, -0.25) is 5.32 Å². The standard InChI is InChI=1S/C21H23FN2O3/c1-26-13-18-16-10-24(11-17(16)18)20-8-7-15(9-19(20)22)23-21(25)27-12-14-5-3-2-4-6-14/h2-9,16-18H,10-13H2,1H3,(H,23,25)/t16-,17+,18?. The molecule has 2 fully saturated rings. The minimum atomic E-state index is -0.601. The zero-order chi connectivity index (χ0) is 18.8. The first-order valence-electron chi connectivity index (χ1n) is 9.17. The topological polar surface area (TPSA) is 50.8 Å². The summed E-state index contributed by atoms with van der Waals surface area (Å²) in [5.74, 6) is 1.50. The van der Waals surface area contributed by atoms with Crippen LogP contribution in [0, 0.1) is 23.6 Å². The van der Waals surface area contributed by atoms with E-state index in [9.17, 15) is 9.18 Å². The average Bonchev–Trinajstić information content (AvgIpc) is 3.11. The minimum absolute atomic E-state index is 0.173. The van der Waals surface area contributed by atoms with Gasteiger partial charge < -0.3 is 14.4 Å². The molecule has 1 saturated heterocycles. The Kier molecular flexibility index (Phi) is 4.99.